The monoisotopic (exact) mass is 866 g/mol. The van der Waals surface area contributed by atoms with Crippen molar-refractivity contribution in [3.05, 3.63) is 246 Å². The van der Waals surface area contributed by atoms with Crippen molar-refractivity contribution in [2.45, 2.75) is 5.41 Å². The van der Waals surface area contributed by atoms with Crippen molar-refractivity contribution in [3.63, 3.8) is 0 Å². The molecule has 12 aromatic rings. The van der Waals surface area contributed by atoms with E-state index in [1.807, 2.05) is 60.9 Å². The lowest BCUT2D eigenvalue weighted by Crippen LogP contribution is -2.32. The SMILES string of the molecule is [C-]#[N+]c1ccc2c(c1)c1cc(-c3ccc4c(c3)Oc3ccc(-c5ccc6c(c5)c5cc(C#N)ccc5n6-c5ccccc5)cc3C43c4cccnc4-c4ncccc43)ccc1n2-c1ccccc1. The van der Waals surface area contributed by atoms with Crippen molar-refractivity contribution in [1.29, 1.82) is 5.26 Å². The summed E-state index contributed by atoms with van der Waals surface area (Å²) in [5.74, 6) is 1.53. The molecule has 2 aliphatic rings. The van der Waals surface area contributed by atoms with Gasteiger partial charge in [0.25, 0.3) is 0 Å². The van der Waals surface area contributed by atoms with Gasteiger partial charge in [-0.25, -0.2) is 4.85 Å². The highest BCUT2D eigenvalue weighted by Gasteiger charge is 2.52. The van der Waals surface area contributed by atoms with Gasteiger partial charge in [0.05, 0.1) is 57.1 Å². The van der Waals surface area contributed by atoms with Gasteiger partial charge in [0.2, 0.25) is 0 Å². The number of nitrogens with zero attached hydrogens (tertiary/aromatic N) is 6. The van der Waals surface area contributed by atoms with Crippen LogP contribution in [-0.4, -0.2) is 19.1 Å². The number of para-hydroxylation sites is 2. The molecule has 68 heavy (non-hydrogen) atoms. The quantitative estimate of drug-likeness (QED) is 0.165. The highest BCUT2D eigenvalue weighted by Crippen LogP contribution is 2.62. The number of benzene rings is 8. The number of aromatic nitrogens is 4. The van der Waals surface area contributed by atoms with E-state index in [1.54, 1.807) is 0 Å². The van der Waals surface area contributed by atoms with Crippen LogP contribution in [0.2, 0.25) is 0 Å². The zero-order chi connectivity index (χ0) is 45.1. The van der Waals surface area contributed by atoms with Gasteiger partial charge < -0.3 is 13.9 Å². The highest BCUT2D eigenvalue weighted by molar-refractivity contribution is 6.12. The summed E-state index contributed by atoms with van der Waals surface area (Å²) in [4.78, 5) is 13.8. The largest absolute Gasteiger partial charge is 0.457 e. The summed E-state index contributed by atoms with van der Waals surface area (Å²) in [5.41, 5.74) is 16.8. The molecule has 0 N–H and O–H groups in total. The predicted octanol–water partition coefficient (Wildman–Crippen LogP) is 14.9. The van der Waals surface area contributed by atoms with Crippen molar-refractivity contribution in [2.24, 2.45) is 0 Å². The van der Waals surface area contributed by atoms with Gasteiger partial charge in [-0.2, -0.15) is 5.26 Å². The smallest absolute Gasteiger partial charge is 0.188 e. The maximum atomic E-state index is 9.96. The van der Waals surface area contributed by atoms with E-state index in [-0.39, 0.29) is 0 Å². The van der Waals surface area contributed by atoms with Gasteiger partial charge >= 0.3 is 0 Å². The van der Waals surface area contributed by atoms with Crippen molar-refractivity contribution >= 4 is 49.3 Å². The normalized spacial score (nSPS) is 12.9. The Bertz CT molecular complexity index is 4160. The molecule has 0 saturated heterocycles. The molecule has 8 aromatic carbocycles. The molecule has 7 nitrogen and oxygen atoms in total. The lowest BCUT2D eigenvalue weighted by molar-refractivity contribution is 0.436. The summed E-state index contributed by atoms with van der Waals surface area (Å²) in [7, 11) is 0. The number of pyridine rings is 2. The Kier molecular flexibility index (Phi) is 7.90. The standard InChI is InChI=1S/C61H34N6O/c1-63-42-21-26-56-48(35-42)47-32-39(19-25-55(47)67(56)44-12-6-3-7-13-44)41-17-22-49-58(34-41)68-57-27-20-40(33-52(57)61(49)50-14-8-28-64-59(50)60-51(61)15-9-29-65-60)38-18-24-54-46(31-38)45-30-37(36-62)16-23-53(45)66(54)43-10-4-2-5-11-43/h2-35H. The van der Waals surface area contributed by atoms with E-state index in [1.165, 1.54) is 0 Å². The first kappa shape index (κ1) is 37.8. The first-order chi connectivity index (χ1) is 33.6. The van der Waals surface area contributed by atoms with Gasteiger partial charge in [-0.3, -0.25) is 9.97 Å². The molecule has 7 heteroatoms. The third kappa shape index (κ3) is 5.21. The van der Waals surface area contributed by atoms with Gasteiger partial charge in [-0.05, 0) is 148 Å². The van der Waals surface area contributed by atoms with Gasteiger partial charge in [0.1, 0.15) is 11.5 Å². The Morgan fingerprint density at radius 2 is 0.971 bits per heavy atom. The maximum absolute atomic E-state index is 9.96. The van der Waals surface area contributed by atoms with Crippen molar-refractivity contribution in [3.8, 4) is 62.6 Å². The van der Waals surface area contributed by atoms with Crippen LogP contribution in [0, 0.1) is 17.9 Å². The molecule has 5 heterocycles. The number of hydrogen-bond acceptors (Lipinski definition) is 4. The number of nitriles is 1. The predicted molar refractivity (Wildman–Crippen MR) is 270 cm³/mol. The second-order valence-electron chi connectivity index (χ2n) is 17.5. The van der Waals surface area contributed by atoms with E-state index >= 15 is 0 Å². The van der Waals surface area contributed by atoms with Crippen LogP contribution in [-0.2, 0) is 5.41 Å². The minimum Gasteiger partial charge on any atom is -0.457 e. The molecule has 14 rings (SSSR count). The van der Waals surface area contributed by atoms with Gasteiger partial charge in [0, 0.05) is 51.1 Å². The van der Waals surface area contributed by atoms with Gasteiger partial charge in [-0.15, -0.1) is 0 Å². The number of ether oxygens (including phenoxy) is 1. The molecular formula is C61H34N6O. The summed E-state index contributed by atoms with van der Waals surface area (Å²) in [6, 6.07) is 69.8. The first-order valence-corrected chi connectivity index (χ1v) is 22.5. The number of hydrogen-bond donors (Lipinski definition) is 0. The van der Waals surface area contributed by atoms with Crippen LogP contribution in [0.3, 0.4) is 0 Å². The molecule has 0 fully saturated rings. The minimum absolute atomic E-state index is 0.607. The maximum Gasteiger partial charge on any atom is 0.188 e. The van der Waals surface area contributed by atoms with Gasteiger partial charge in [-0.1, -0.05) is 84.9 Å². The van der Waals surface area contributed by atoms with Crippen LogP contribution in [0.5, 0.6) is 11.5 Å². The number of fused-ring (bicyclic) bond motifs is 15. The van der Waals surface area contributed by atoms with Crippen molar-refractivity contribution < 1.29 is 4.74 Å². The van der Waals surface area contributed by atoms with Crippen LogP contribution >= 0.6 is 0 Å². The molecule has 0 unspecified atom stereocenters. The second-order valence-corrected chi connectivity index (χ2v) is 17.5. The lowest BCUT2D eigenvalue weighted by Gasteiger charge is -2.39. The van der Waals surface area contributed by atoms with E-state index < -0.39 is 5.41 Å². The Balaban J connectivity index is 0.960. The molecule has 0 bridgehead atoms. The Labute approximate surface area is 390 Å². The third-order valence-corrected chi connectivity index (χ3v) is 14.1. The summed E-state index contributed by atoms with van der Waals surface area (Å²) < 4.78 is 11.6. The summed E-state index contributed by atoms with van der Waals surface area (Å²) in [6.45, 7) is 7.81. The zero-order valence-corrected chi connectivity index (χ0v) is 36.2. The van der Waals surface area contributed by atoms with Crippen LogP contribution in [0.15, 0.2) is 207 Å². The molecule has 1 spiro atoms. The van der Waals surface area contributed by atoms with E-state index in [4.69, 9.17) is 21.3 Å². The molecule has 4 aromatic heterocycles. The van der Waals surface area contributed by atoms with E-state index in [9.17, 15) is 5.26 Å². The lowest BCUT2D eigenvalue weighted by atomic mass is 9.66. The molecule has 0 radical (unpaired) electrons. The Morgan fingerprint density at radius 1 is 0.456 bits per heavy atom. The van der Waals surface area contributed by atoms with Crippen molar-refractivity contribution in [2.75, 3.05) is 0 Å². The first-order valence-electron chi connectivity index (χ1n) is 22.5. The van der Waals surface area contributed by atoms with E-state index in [2.05, 4.69) is 166 Å². The average Bonchev–Trinajstić information content (AvgIpc) is 4.02. The minimum atomic E-state index is -0.789. The number of rotatable bonds is 4. The third-order valence-electron chi connectivity index (χ3n) is 14.1. The molecule has 0 saturated carbocycles. The Morgan fingerprint density at radius 3 is 1.57 bits per heavy atom. The molecule has 0 atom stereocenters. The second kappa shape index (κ2) is 14.2. The molecular weight excluding hydrogens is 833 g/mol. The molecule has 1 aliphatic carbocycles. The molecule has 1 aliphatic heterocycles. The fraction of sp³-hybridized carbons (Fsp3) is 0.0164. The fourth-order valence-corrected chi connectivity index (χ4v) is 11.2. The van der Waals surface area contributed by atoms with E-state index in [0.717, 1.165) is 122 Å². The van der Waals surface area contributed by atoms with Crippen LogP contribution in [0.1, 0.15) is 27.8 Å². The van der Waals surface area contributed by atoms with Crippen LogP contribution in [0.25, 0.3) is 93.5 Å². The van der Waals surface area contributed by atoms with Gasteiger partial charge in [0.15, 0.2) is 5.69 Å². The topological polar surface area (TPSA) is 73.0 Å². The molecule has 0 amide bonds. The average molecular weight is 867 g/mol. The summed E-state index contributed by atoms with van der Waals surface area (Å²) in [5, 5.41) is 14.2. The Hall–Kier alpha value is -9.56. The highest BCUT2D eigenvalue weighted by atomic mass is 16.5. The zero-order valence-electron chi connectivity index (χ0n) is 36.2. The van der Waals surface area contributed by atoms with E-state index in [0.29, 0.717) is 11.3 Å². The van der Waals surface area contributed by atoms with Crippen LogP contribution in [0.4, 0.5) is 5.69 Å². The summed E-state index contributed by atoms with van der Waals surface area (Å²) in [6.07, 6.45) is 3.70. The summed E-state index contributed by atoms with van der Waals surface area (Å²) >= 11 is 0. The molecule has 314 valence electrons. The van der Waals surface area contributed by atoms with Crippen molar-refractivity contribution in [1.82, 2.24) is 19.1 Å². The van der Waals surface area contributed by atoms with Crippen LogP contribution < -0.4 is 4.74 Å². The fourth-order valence-electron chi connectivity index (χ4n) is 11.2.